The Morgan fingerprint density at radius 2 is 2.00 bits per heavy atom. The number of hydrogen-bond donors (Lipinski definition) is 1. The molecular formula is C14H18N6O2. The van der Waals surface area contributed by atoms with Gasteiger partial charge in [0, 0.05) is 26.8 Å². The van der Waals surface area contributed by atoms with Crippen LogP contribution in [0.1, 0.15) is 11.3 Å². The van der Waals surface area contributed by atoms with E-state index in [-0.39, 0.29) is 11.5 Å². The van der Waals surface area contributed by atoms with Crippen molar-refractivity contribution in [3.05, 3.63) is 45.6 Å². The third-order valence-corrected chi connectivity index (χ3v) is 3.17. The molecular weight excluding hydrogens is 284 g/mol. The van der Waals surface area contributed by atoms with E-state index < -0.39 is 4.92 Å². The number of hydrogen-bond acceptors (Lipinski definition) is 6. The monoisotopic (exact) mass is 302 g/mol. The summed E-state index contributed by atoms with van der Waals surface area (Å²) in [6.45, 7) is 1.59. The highest BCUT2D eigenvalue weighted by Crippen LogP contribution is 2.27. The first-order valence-corrected chi connectivity index (χ1v) is 6.64. The maximum atomic E-state index is 11.0. The maximum Gasteiger partial charge on any atom is 0.335 e. The van der Waals surface area contributed by atoms with Crippen molar-refractivity contribution >= 4 is 23.4 Å². The summed E-state index contributed by atoms with van der Waals surface area (Å²) in [6, 6.07) is 7.78. The molecule has 1 aromatic heterocycles. The molecule has 1 heterocycles. The summed E-state index contributed by atoms with van der Waals surface area (Å²) < 4.78 is 1.40. The largest absolute Gasteiger partial charge is 0.378 e. The highest BCUT2D eigenvalue weighted by atomic mass is 16.6. The first-order valence-electron chi connectivity index (χ1n) is 6.64. The van der Waals surface area contributed by atoms with Crippen LogP contribution in [-0.4, -0.2) is 35.0 Å². The van der Waals surface area contributed by atoms with Gasteiger partial charge in [-0.1, -0.05) is 12.1 Å². The fourth-order valence-electron chi connectivity index (χ4n) is 2.02. The zero-order valence-electron chi connectivity index (χ0n) is 12.9. The molecule has 0 atom stereocenters. The van der Waals surface area contributed by atoms with Crippen molar-refractivity contribution in [1.29, 1.82) is 0 Å². The zero-order valence-corrected chi connectivity index (χ0v) is 12.9. The summed E-state index contributed by atoms with van der Waals surface area (Å²) in [5, 5.41) is 19.1. The quantitative estimate of drug-likeness (QED) is 0.519. The molecule has 0 aliphatic heterocycles. The van der Waals surface area contributed by atoms with Gasteiger partial charge in [0.1, 0.15) is 5.69 Å². The lowest BCUT2D eigenvalue weighted by molar-refractivity contribution is -0.384. The van der Waals surface area contributed by atoms with Crippen molar-refractivity contribution in [3.8, 4) is 0 Å². The lowest BCUT2D eigenvalue weighted by atomic mass is 10.2. The van der Waals surface area contributed by atoms with Gasteiger partial charge in [0.25, 0.3) is 0 Å². The second kappa shape index (κ2) is 6.25. The molecule has 0 aliphatic rings. The summed E-state index contributed by atoms with van der Waals surface area (Å²) in [6.07, 6.45) is 1.60. The van der Waals surface area contributed by atoms with Crippen molar-refractivity contribution in [3.63, 3.8) is 0 Å². The van der Waals surface area contributed by atoms with Crippen LogP contribution in [0.5, 0.6) is 0 Å². The number of rotatable bonds is 5. The molecule has 2 rings (SSSR count). The molecule has 8 nitrogen and oxygen atoms in total. The molecule has 0 aliphatic carbocycles. The van der Waals surface area contributed by atoms with Crippen LogP contribution in [0.25, 0.3) is 0 Å². The summed E-state index contributed by atoms with van der Waals surface area (Å²) in [5.74, 6) is 0.253. The van der Waals surface area contributed by atoms with Gasteiger partial charge >= 0.3 is 5.69 Å². The van der Waals surface area contributed by atoms with Crippen molar-refractivity contribution in [2.75, 3.05) is 24.4 Å². The fraction of sp³-hybridized carbons (Fsp3) is 0.286. The van der Waals surface area contributed by atoms with Crippen molar-refractivity contribution in [1.82, 2.24) is 9.78 Å². The molecule has 0 bridgehead atoms. The normalized spacial score (nSPS) is 10.9. The van der Waals surface area contributed by atoms with Gasteiger partial charge in [0.2, 0.25) is 5.82 Å². The molecule has 0 radical (unpaired) electrons. The van der Waals surface area contributed by atoms with Gasteiger partial charge in [0.05, 0.1) is 11.1 Å². The van der Waals surface area contributed by atoms with Crippen LogP contribution in [0, 0.1) is 17.0 Å². The van der Waals surface area contributed by atoms with Crippen LogP contribution < -0.4 is 10.3 Å². The molecule has 0 unspecified atom stereocenters. The second-order valence-electron chi connectivity index (χ2n) is 5.02. The number of nitrogens with zero attached hydrogens (tertiary/aromatic N) is 5. The maximum absolute atomic E-state index is 11.0. The molecule has 0 spiro atoms. The average Bonchev–Trinajstić information content (AvgIpc) is 2.74. The van der Waals surface area contributed by atoms with E-state index in [0.717, 1.165) is 11.3 Å². The number of aromatic nitrogens is 2. The lowest BCUT2D eigenvalue weighted by Crippen LogP contribution is -2.08. The minimum atomic E-state index is -0.466. The van der Waals surface area contributed by atoms with Crippen LogP contribution in [0.3, 0.4) is 0 Å². The van der Waals surface area contributed by atoms with Crippen LogP contribution in [0.15, 0.2) is 29.4 Å². The summed E-state index contributed by atoms with van der Waals surface area (Å²) in [7, 11) is 5.56. The van der Waals surface area contributed by atoms with Crippen molar-refractivity contribution in [2.24, 2.45) is 12.1 Å². The number of anilines is 2. The van der Waals surface area contributed by atoms with E-state index in [2.05, 4.69) is 15.6 Å². The highest BCUT2D eigenvalue weighted by molar-refractivity contribution is 5.81. The Labute approximate surface area is 128 Å². The van der Waals surface area contributed by atoms with Crippen LogP contribution in [-0.2, 0) is 7.05 Å². The van der Waals surface area contributed by atoms with E-state index in [4.69, 9.17) is 0 Å². The van der Waals surface area contributed by atoms with E-state index in [0.29, 0.717) is 5.69 Å². The molecule has 1 aromatic carbocycles. The number of hydrazone groups is 1. The topological polar surface area (TPSA) is 88.6 Å². The Morgan fingerprint density at radius 1 is 1.36 bits per heavy atom. The van der Waals surface area contributed by atoms with E-state index in [1.807, 2.05) is 43.3 Å². The summed E-state index contributed by atoms with van der Waals surface area (Å²) in [4.78, 5) is 12.6. The van der Waals surface area contributed by atoms with Gasteiger partial charge < -0.3 is 4.90 Å². The first-order chi connectivity index (χ1) is 10.4. The second-order valence-corrected chi connectivity index (χ2v) is 5.02. The van der Waals surface area contributed by atoms with Crippen LogP contribution in [0.2, 0.25) is 0 Å². The number of benzene rings is 1. The molecule has 0 saturated carbocycles. The highest BCUT2D eigenvalue weighted by Gasteiger charge is 2.23. The molecule has 1 N–H and O–H groups in total. The SMILES string of the molecule is Cc1nn(C)c(NN=Cc2ccc(N(C)C)cc2)c1[N+](=O)[O-]. The van der Waals surface area contributed by atoms with Gasteiger partial charge in [-0.15, -0.1) is 0 Å². The third-order valence-electron chi connectivity index (χ3n) is 3.17. The average molecular weight is 302 g/mol. The molecule has 0 fully saturated rings. The van der Waals surface area contributed by atoms with E-state index in [9.17, 15) is 10.1 Å². The van der Waals surface area contributed by atoms with Gasteiger partial charge in [0.15, 0.2) is 0 Å². The zero-order chi connectivity index (χ0) is 16.3. The number of nitrogens with one attached hydrogen (secondary N) is 1. The molecule has 2 aromatic rings. The number of aryl methyl sites for hydroxylation is 2. The molecule has 0 saturated heterocycles. The molecule has 8 heteroatoms. The van der Waals surface area contributed by atoms with Crippen LogP contribution >= 0.6 is 0 Å². The summed E-state index contributed by atoms with van der Waals surface area (Å²) >= 11 is 0. The number of nitro groups is 1. The van der Waals surface area contributed by atoms with Gasteiger partial charge in [-0.25, -0.2) is 4.68 Å². The Balaban J connectivity index is 2.14. The summed E-state index contributed by atoms with van der Waals surface area (Å²) in [5.41, 5.74) is 4.94. The lowest BCUT2D eigenvalue weighted by Gasteiger charge is -2.11. The Hall–Kier alpha value is -2.90. The Morgan fingerprint density at radius 3 is 2.55 bits per heavy atom. The third kappa shape index (κ3) is 3.22. The van der Waals surface area contributed by atoms with Gasteiger partial charge in [-0.3, -0.25) is 15.5 Å². The van der Waals surface area contributed by atoms with Crippen LogP contribution in [0.4, 0.5) is 17.2 Å². The van der Waals surface area contributed by atoms with E-state index in [1.165, 1.54) is 4.68 Å². The smallest absolute Gasteiger partial charge is 0.335 e. The van der Waals surface area contributed by atoms with Gasteiger partial charge in [-0.05, 0) is 24.6 Å². The Kier molecular flexibility index (Phi) is 4.40. The molecule has 22 heavy (non-hydrogen) atoms. The first kappa shape index (κ1) is 15.5. The van der Waals surface area contributed by atoms with E-state index in [1.54, 1.807) is 20.2 Å². The standard InChI is InChI=1S/C14H18N6O2/c1-10-13(20(21)22)14(19(4)17-10)16-15-9-11-5-7-12(8-6-11)18(2)3/h5-9,16H,1-4H3. The molecule has 116 valence electrons. The van der Waals surface area contributed by atoms with Crippen molar-refractivity contribution in [2.45, 2.75) is 6.92 Å². The minimum absolute atomic E-state index is 0.0670. The molecule has 0 amide bonds. The predicted molar refractivity (Wildman–Crippen MR) is 86.6 cm³/mol. The minimum Gasteiger partial charge on any atom is -0.378 e. The van der Waals surface area contributed by atoms with Crippen molar-refractivity contribution < 1.29 is 4.92 Å². The van der Waals surface area contributed by atoms with Gasteiger partial charge in [-0.2, -0.15) is 10.2 Å². The Bertz CT molecular complexity index is 703. The predicted octanol–water partition coefficient (Wildman–Crippen LogP) is 2.15. The fourth-order valence-corrected chi connectivity index (χ4v) is 2.02. The van der Waals surface area contributed by atoms with E-state index >= 15 is 0 Å².